The quantitative estimate of drug-likeness (QED) is 0.354. The summed E-state index contributed by atoms with van der Waals surface area (Å²) < 4.78 is 25.4. The summed E-state index contributed by atoms with van der Waals surface area (Å²) in [4.78, 5) is 27.0. The standard InChI is InChI=1S/C27H24FNO4S/c1-3-32-24-14-19(11-12-23(24)33-17-21-9-4-5-10-22(21)28)15-25-26(30)29(27(31)34-25)16-20-8-6-7-18(2)13-20/h4-15H,3,16-17H2,1-2H3/b25-15+. The van der Waals surface area contributed by atoms with Gasteiger partial charge in [0.25, 0.3) is 11.1 Å². The third kappa shape index (κ3) is 5.48. The number of hydrogen-bond donors (Lipinski definition) is 0. The van der Waals surface area contributed by atoms with Gasteiger partial charge in [-0.05, 0) is 61.0 Å². The molecule has 0 aliphatic carbocycles. The summed E-state index contributed by atoms with van der Waals surface area (Å²) in [5.41, 5.74) is 3.11. The van der Waals surface area contributed by atoms with Crippen molar-refractivity contribution in [2.75, 3.05) is 6.61 Å². The maximum atomic E-state index is 13.9. The highest BCUT2D eigenvalue weighted by Gasteiger charge is 2.35. The average Bonchev–Trinajstić information content (AvgIpc) is 3.07. The van der Waals surface area contributed by atoms with Crippen molar-refractivity contribution in [3.63, 3.8) is 0 Å². The van der Waals surface area contributed by atoms with E-state index in [9.17, 15) is 14.0 Å². The van der Waals surface area contributed by atoms with E-state index in [1.54, 1.807) is 42.5 Å². The van der Waals surface area contributed by atoms with Gasteiger partial charge >= 0.3 is 0 Å². The zero-order valence-corrected chi connectivity index (χ0v) is 19.7. The number of halogens is 1. The molecule has 0 unspecified atom stereocenters. The highest BCUT2D eigenvalue weighted by Crippen LogP contribution is 2.35. The molecule has 0 aromatic heterocycles. The van der Waals surface area contributed by atoms with Crippen LogP contribution in [0.15, 0.2) is 71.6 Å². The number of nitrogens with zero attached hydrogens (tertiary/aromatic N) is 1. The Hall–Kier alpha value is -3.58. The van der Waals surface area contributed by atoms with E-state index in [0.29, 0.717) is 34.1 Å². The summed E-state index contributed by atoms with van der Waals surface area (Å²) in [6.45, 7) is 4.52. The predicted molar refractivity (Wildman–Crippen MR) is 131 cm³/mol. The number of ether oxygens (including phenoxy) is 2. The average molecular weight is 478 g/mol. The Morgan fingerprint density at radius 3 is 2.56 bits per heavy atom. The van der Waals surface area contributed by atoms with E-state index in [2.05, 4.69) is 0 Å². The van der Waals surface area contributed by atoms with Gasteiger partial charge in [0.15, 0.2) is 11.5 Å². The lowest BCUT2D eigenvalue weighted by Gasteiger charge is -2.13. The SMILES string of the molecule is CCOc1cc(/C=C2/SC(=O)N(Cc3cccc(C)c3)C2=O)ccc1OCc1ccccc1F. The van der Waals surface area contributed by atoms with Crippen molar-refractivity contribution < 1.29 is 23.5 Å². The molecule has 34 heavy (non-hydrogen) atoms. The molecule has 1 aliphatic heterocycles. The molecule has 1 aliphatic rings. The fraction of sp³-hybridized carbons (Fsp3) is 0.185. The second-order valence-electron chi connectivity index (χ2n) is 7.78. The smallest absolute Gasteiger partial charge is 0.293 e. The number of benzene rings is 3. The lowest BCUT2D eigenvalue weighted by atomic mass is 10.1. The topological polar surface area (TPSA) is 55.8 Å². The minimum Gasteiger partial charge on any atom is -0.490 e. The molecule has 0 radical (unpaired) electrons. The first-order chi connectivity index (χ1) is 16.4. The van der Waals surface area contributed by atoms with Crippen LogP contribution in [0.25, 0.3) is 6.08 Å². The molecule has 174 valence electrons. The van der Waals surface area contributed by atoms with Gasteiger partial charge in [-0.3, -0.25) is 14.5 Å². The highest BCUT2D eigenvalue weighted by atomic mass is 32.2. The molecule has 0 bridgehead atoms. The van der Waals surface area contributed by atoms with Crippen molar-refractivity contribution in [1.82, 2.24) is 4.90 Å². The van der Waals surface area contributed by atoms with Crippen LogP contribution in [0.5, 0.6) is 11.5 Å². The van der Waals surface area contributed by atoms with E-state index in [-0.39, 0.29) is 30.1 Å². The normalized spacial score (nSPS) is 14.7. The molecular weight excluding hydrogens is 453 g/mol. The van der Waals surface area contributed by atoms with Gasteiger partial charge in [0.2, 0.25) is 0 Å². The Morgan fingerprint density at radius 1 is 0.971 bits per heavy atom. The first-order valence-corrected chi connectivity index (χ1v) is 11.7. The van der Waals surface area contributed by atoms with Crippen molar-refractivity contribution in [2.24, 2.45) is 0 Å². The summed E-state index contributed by atoms with van der Waals surface area (Å²) in [5, 5.41) is -0.298. The zero-order valence-electron chi connectivity index (χ0n) is 18.9. The van der Waals surface area contributed by atoms with Crippen molar-refractivity contribution in [3.05, 3.63) is 99.7 Å². The monoisotopic (exact) mass is 477 g/mol. The van der Waals surface area contributed by atoms with Crippen LogP contribution in [-0.2, 0) is 17.9 Å². The van der Waals surface area contributed by atoms with Gasteiger partial charge in [0, 0.05) is 5.56 Å². The number of imide groups is 1. The van der Waals surface area contributed by atoms with Crippen LogP contribution in [0.2, 0.25) is 0 Å². The molecule has 2 amide bonds. The first-order valence-electron chi connectivity index (χ1n) is 10.9. The minimum atomic E-state index is -0.335. The third-order valence-corrected chi connectivity index (χ3v) is 6.11. The number of carbonyl (C=O) groups excluding carboxylic acids is 2. The molecule has 4 rings (SSSR count). The van der Waals surface area contributed by atoms with Crippen LogP contribution < -0.4 is 9.47 Å². The minimum absolute atomic E-state index is 0.0595. The molecule has 0 N–H and O–H groups in total. The summed E-state index contributed by atoms with van der Waals surface area (Å²) >= 11 is 0.917. The molecule has 3 aromatic rings. The van der Waals surface area contributed by atoms with E-state index in [1.807, 2.05) is 38.1 Å². The number of thioether (sulfide) groups is 1. The summed E-state index contributed by atoms with van der Waals surface area (Å²) in [5.74, 6) is 0.286. The fourth-order valence-electron chi connectivity index (χ4n) is 3.55. The van der Waals surface area contributed by atoms with Gasteiger partial charge < -0.3 is 9.47 Å². The molecule has 0 spiro atoms. The third-order valence-electron chi connectivity index (χ3n) is 5.20. The van der Waals surface area contributed by atoms with Crippen LogP contribution >= 0.6 is 11.8 Å². The zero-order chi connectivity index (χ0) is 24.1. The Bertz CT molecular complexity index is 1260. The Kier molecular flexibility index (Phi) is 7.33. The maximum absolute atomic E-state index is 13.9. The van der Waals surface area contributed by atoms with E-state index in [4.69, 9.17) is 9.47 Å². The van der Waals surface area contributed by atoms with Crippen LogP contribution in [-0.4, -0.2) is 22.7 Å². The molecule has 1 heterocycles. The van der Waals surface area contributed by atoms with Crippen LogP contribution in [0.4, 0.5) is 9.18 Å². The summed E-state index contributed by atoms with van der Waals surface area (Å²) in [7, 11) is 0. The Balaban J connectivity index is 1.51. The molecule has 5 nitrogen and oxygen atoms in total. The van der Waals surface area contributed by atoms with Crippen LogP contribution in [0, 0.1) is 12.7 Å². The van der Waals surface area contributed by atoms with Crippen molar-refractivity contribution >= 4 is 29.0 Å². The molecule has 0 atom stereocenters. The molecule has 1 fully saturated rings. The number of rotatable bonds is 8. The largest absolute Gasteiger partial charge is 0.490 e. The van der Waals surface area contributed by atoms with Gasteiger partial charge in [0.05, 0.1) is 18.1 Å². The van der Waals surface area contributed by atoms with E-state index < -0.39 is 0 Å². The van der Waals surface area contributed by atoms with Gasteiger partial charge in [-0.2, -0.15) is 0 Å². The summed E-state index contributed by atoms with van der Waals surface area (Å²) in [6, 6.07) is 19.4. The van der Waals surface area contributed by atoms with Gasteiger partial charge in [0.1, 0.15) is 12.4 Å². The fourth-order valence-corrected chi connectivity index (χ4v) is 4.39. The van der Waals surface area contributed by atoms with E-state index >= 15 is 0 Å². The Morgan fingerprint density at radius 2 is 1.79 bits per heavy atom. The second kappa shape index (κ2) is 10.6. The van der Waals surface area contributed by atoms with Crippen molar-refractivity contribution in [3.8, 4) is 11.5 Å². The molecular formula is C27H24FNO4S. The van der Waals surface area contributed by atoms with Crippen molar-refractivity contribution in [2.45, 2.75) is 27.0 Å². The second-order valence-corrected chi connectivity index (χ2v) is 8.77. The molecule has 3 aromatic carbocycles. The van der Waals surface area contributed by atoms with E-state index in [0.717, 1.165) is 22.9 Å². The predicted octanol–water partition coefficient (Wildman–Crippen LogP) is 6.35. The van der Waals surface area contributed by atoms with Gasteiger partial charge in [-0.15, -0.1) is 0 Å². The van der Waals surface area contributed by atoms with Crippen LogP contribution in [0.3, 0.4) is 0 Å². The van der Waals surface area contributed by atoms with Gasteiger partial charge in [-0.1, -0.05) is 54.1 Å². The maximum Gasteiger partial charge on any atom is 0.293 e. The number of carbonyl (C=O) groups is 2. The summed E-state index contributed by atoms with van der Waals surface area (Å²) in [6.07, 6.45) is 1.67. The van der Waals surface area contributed by atoms with E-state index in [1.165, 1.54) is 11.0 Å². The van der Waals surface area contributed by atoms with Crippen LogP contribution in [0.1, 0.15) is 29.2 Å². The van der Waals surface area contributed by atoms with Gasteiger partial charge in [-0.25, -0.2) is 4.39 Å². The number of amides is 2. The lowest BCUT2D eigenvalue weighted by Crippen LogP contribution is -2.27. The van der Waals surface area contributed by atoms with Crippen molar-refractivity contribution in [1.29, 1.82) is 0 Å². The molecule has 0 saturated carbocycles. The Labute approximate surface area is 202 Å². The lowest BCUT2D eigenvalue weighted by molar-refractivity contribution is -0.123. The molecule has 7 heteroatoms. The first kappa shape index (κ1) is 23.6. The number of aryl methyl sites for hydroxylation is 1. The number of hydrogen-bond acceptors (Lipinski definition) is 5. The highest BCUT2D eigenvalue weighted by molar-refractivity contribution is 8.18. The molecule has 1 saturated heterocycles.